The van der Waals surface area contributed by atoms with Crippen molar-refractivity contribution in [1.29, 1.82) is 0 Å². The molecule has 0 unspecified atom stereocenters. The Kier molecular flexibility index (Phi) is 2.26. The number of carbonyl (C=O) groups is 1. The Bertz CT molecular complexity index is 422. The minimum absolute atomic E-state index is 0.0627. The lowest BCUT2D eigenvalue weighted by Crippen LogP contribution is -2.22. The van der Waals surface area contributed by atoms with Crippen LogP contribution in [0.25, 0.3) is 0 Å². The van der Waals surface area contributed by atoms with Gasteiger partial charge in [-0.15, -0.1) is 0 Å². The predicted octanol–water partition coefficient (Wildman–Crippen LogP) is 1.46. The minimum atomic E-state index is -1.24. The lowest BCUT2D eigenvalue weighted by atomic mass is 10.1. The van der Waals surface area contributed by atoms with Crippen molar-refractivity contribution in [2.24, 2.45) is 0 Å². The van der Waals surface area contributed by atoms with E-state index in [1.165, 1.54) is 0 Å². The molecule has 1 heterocycles. The van der Waals surface area contributed by atoms with Crippen LogP contribution in [0.5, 0.6) is 0 Å². The van der Waals surface area contributed by atoms with Crippen LogP contribution >= 0.6 is 0 Å². The van der Waals surface area contributed by atoms with Gasteiger partial charge in [0.2, 0.25) is 0 Å². The number of urea groups is 1. The Morgan fingerprint density at radius 1 is 1.13 bits per heavy atom. The number of rotatable bonds is 1. The average Bonchev–Trinajstić information content (AvgIpc) is 2.58. The second-order valence-corrected chi connectivity index (χ2v) is 3.19. The first-order valence-electron chi connectivity index (χ1n) is 4.26. The van der Waals surface area contributed by atoms with Gasteiger partial charge in [0.1, 0.15) is 5.82 Å². The predicted molar refractivity (Wildman–Crippen MR) is 45.6 cm³/mol. The van der Waals surface area contributed by atoms with Crippen LogP contribution < -0.4 is 10.6 Å². The summed E-state index contributed by atoms with van der Waals surface area (Å²) in [5.41, 5.74) is -0.0627. The summed E-state index contributed by atoms with van der Waals surface area (Å²) < 4.78 is 38.7. The fourth-order valence-corrected chi connectivity index (χ4v) is 1.45. The monoisotopic (exact) mass is 216 g/mol. The third-order valence-electron chi connectivity index (χ3n) is 2.19. The first kappa shape index (κ1) is 9.82. The van der Waals surface area contributed by atoms with Crippen molar-refractivity contribution in [1.82, 2.24) is 10.6 Å². The van der Waals surface area contributed by atoms with Crippen molar-refractivity contribution in [3.8, 4) is 0 Å². The standard InChI is InChI=1S/C9H7F3N2O/c10-5-2-7(12)6(11)1-4(5)8-3-13-9(15)14-8/h1-2,8H,3H2,(H2,13,14,15)/t8-/m1/s1. The molecule has 0 radical (unpaired) electrons. The van der Waals surface area contributed by atoms with Crippen molar-refractivity contribution in [3.05, 3.63) is 35.1 Å². The first-order chi connectivity index (χ1) is 7.08. The van der Waals surface area contributed by atoms with E-state index in [0.717, 1.165) is 6.07 Å². The van der Waals surface area contributed by atoms with E-state index in [1.54, 1.807) is 0 Å². The highest BCUT2D eigenvalue weighted by molar-refractivity contribution is 5.76. The Balaban J connectivity index is 2.36. The number of amides is 2. The van der Waals surface area contributed by atoms with Gasteiger partial charge in [-0.3, -0.25) is 0 Å². The number of hydrogen-bond donors (Lipinski definition) is 2. The van der Waals surface area contributed by atoms with Crippen LogP contribution in [0.2, 0.25) is 0 Å². The molecule has 1 atom stereocenters. The fourth-order valence-electron chi connectivity index (χ4n) is 1.45. The number of halogens is 3. The zero-order valence-corrected chi connectivity index (χ0v) is 7.48. The molecule has 0 spiro atoms. The summed E-state index contributed by atoms with van der Waals surface area (Å²) in [7, 11) is 0. The lowest BCUT2D eigenvalue weighted by molar-refractivity contribution is 0.247. The summed E-state index contributed by atoms with van der Waals surface area (Å²) in [5.74, 6) is -3.25. The van der Waals surface area contributed by atoms with Gasteiger partial charge in [-0.1, -0.05) is 0 Å². The highest BCUT2D eigenvalue weighted by atomic mass is 19.2. The lowest BCUT2D eigenvalue weighted by Gasteiger charge is -2.10. The van der Waals surface area contributed by atoms with Crippen LogP contribution in [-0.4, -0.2) is 12.6 Å². The molecule has 1 aliphatic heterocycles. The maximum Gasteiger partial charge on any atom is 0.315 e. The fraction of sp³-hybridized carbons (Fsp3) is 0.222. The van der Waals surface area contributed by atoms with Gasteiger partial charge in [-0.25, -0.2) is 18.0 Å². The van der Waals surface area contributed by atoms with E-state index >= 15 is 0 Å². The van der Waals surface area contributed by atoms with Gasteiger partial charge in [-0.2, -0.15) is 0 Å². The summed E-state index contributed by atoms with van der Waals surface area (Å²) in [6.45, 7) is 0.154. The van der Waals surface area contributed by atoms with Crippen LogP contribution in [0.4, 0.5) is 18.0 Å². The molecule has 15 heavy (non-hydrogen) atoms. The van der Waals surface area contributed by atoms with E-state index in [0.29, 0.717) is 6.07 Å². The molecule has 6 heteroatoms. The SMILES string of the molecule is O=C1NC[C@H](c2cc(F)c(F)cc2F)N1. The number of nitrogens with one attached hydrogen (secondary N) is 2. The zero-order chi connectivity index (χ0) is 11.0. The largest absolute Gasteiger partial charge is 0.336 e. The van der Waals surface area contributed by atoms with Crippen molar-refractivity contribution < 1.29 is 18.0 Å². The molecule has 0 bridgehead atoms. The second kappa shape index (κ2) is 3.45. The molecule has 2 amide bonds. The van der Waals surface area contributed by atoms with Gasteiger partial charge >= 0.3 is 6.03 Å². The number of hydrogen-bond acceptors (Lipinski definition) is 1. The number of benzene rings is 1. The maximum absolute atomic E-state index is 13.2. The van der Waals surface area contributed by atoms with Crippen LogP contribution in [0.15, 0.2) is 12.1 Å². The van der Waals surface area contributed by atoms with Gasteiger partial charge in [0, 0.05) is 18.2 Å². The van der Waals surface area contributed by atoms with Gasteiger partial charge in [-0.05, 0) is 6.07 Å². The van der Waals surface area contributed by atoms with Crippen molar-refractivity contribution in [2.45, 2.75) is 6.04 Å². The average molecular weight is 216 g/mol. The highest BCUT2D eigenvalue weighted by Gasteiger charge is 2.25. The van der Waals surface area contributed by atoms with E-state index in [9.17, 15) is 18.0 Å². The quantitative estimate of drug-likeness (QED) is 0.685. The van der Waals surface area contributed by atoms with E-state index < -0.39 is 29.5 Å². The highest BCUT2D eigenvalue weighted by Crippen LogP contribution is 2.21. The Labute approximate surface area is 83.3 Å². The normalized spacial score (nSPS) is 19.9. The van der Waals surface area contributed by atoms with E-state index in [1.807, 2.05) is 0 Å². The topological polar surface area (TPSA) is 41.1 Å². The molecule has 3 nitrogen and oxygen atoms in total. The van der Waals surface area contributed by atoms with E-state index in [4.69, 9.17) is 0 Å². The van der Waals surface area contributed by atoms with E-state index in [2.05, 4.69) is 10.6 Å². The molecule has 0 aliphatic carbocycles. The third kappa shape index (κ3) is 1.74. The van der Waals surface area contributed by atoms with Gasteiger partial charge < -0.3 is 10.6 Å². The molecule has 1 aromatic carbocycles. The van der Waals surface area contributed by atoms with E-state index in [-0.39, 0.29) is 12.1 Å². The van der Waals surface area contributed by atoms with Crippen molar-refractivity contribution in [2.75, 3.05) is 6.54 Å². The summed E-state index contributed by atoms with van der Waals surface area (Å²) >= 11 is 0. The molecule has 80 valence electrons. The second-order valence-electron chi connectivity index (χ2n) is 3.19. The van der Waals surface area contributed by atoms with Crippen LogP contribution in [0.3, 0.4) is 0 Å². The maximum atomic E-state index is 13.2. The Hall–Kier alpha value is -1.72. The first-order valence-corrected chi connectivity index (χ1v) is 4.26. The molecule has 0 aromatic heterocycles. The summed E-state index contributed by atoms with van der Waals surface area (Å²) in [6.07, 6.45) is 0. The van der Waals surface area contributed by atoms with Gasteiger partial charge in [0.25, 0.3) is 0 Å². The van der Waals surface area contributed by atoms with Crippen LogP contribution in [-0.2, 0) is 0 Å². The Morgan fingerprint density at radius 2 is 1.80 bits per heavy atom. The van der Waals surface area contributed by atoms with Crippen molar-refractivity contribution in [3.63, 3.8) is 0 Å². The zero-order valence-electron chi connectivity index (χ0n) is 7.48. The molecule has 1 saturated heterocycles. The minimum Gasteiger partial charge on any atom is -0.336 e. The molecule has 1 aromatic rings. The van der Waals surface area contributed by atoms with Gasteiger partial charge in [0.15, 0.2) is 11.6 Å². The molecule has 0 saturated carbocycles. The number of carbonyl (C=O) groups excluding carboxylic acids is 1. The molecule has 2 N–H and O–H groups in total. The third-order valence-corrected chi connectivity index (χ3v) is 2.19. The molecular formula is C9H7F3N2O. The summed E-state index contributed by atoms with van der Waals surface area (Å²) in [5, 5.41) is 4.77. The molecule has 1 fully saturated rings. The smallest absolute Gasteiger partial charge is 0.315 e. The summed E-state index contributed by atoms with van der Waals surface area (Å²) in [4.78, 5) is 10.8. The Morgan fingerprint density at radius 3 is 2.40 bits per heavy atom. The van der Waals surface area contributed by atoms with Gasteiger partial charge in [0.05, 0.1) is 6.04 Å². The van der Waals surface area contributed by atoms with Crippen LogP contribution in [0, 0.1) is 17.5 Å². The summed E-state index contributed by atoms with van der Waals surface area (Å²) in [6, 6.07) is 0.106. The van der Waals surface area contributed by atoms with Crippen molar-refractivity contribution >= 4 is 6.03 Å². The molecule has 2 rings (SSSR count). The molecule has 1 aliphatic rings. The van der Waals surface area contributed by atoms with Crippen LogP contribution in [0.1, 0.15) is 11.6 Å². The molecular weight excluding hydrogens is 209 g/mol.